The van der Waals surface area contributed by atoms with Crippen LogP contribution >= 0.6 is 27.5 Å². The largest absolute Gasteiger partial charge is 0.508 e. The first-order chi connectivity index (χ1) is 8.58. The molecule has 4 heteroatoms. The van der Waals surface area contributed by atoms with Crippen molar-refractivity contribution in [1.29, 1.82) is 0 Å². The van der Waals surface area contributed by atoms with Gasteiger partial charge >= 0.3 is 0 Å². The summed E-state index contributed by atoms with van der Waals surface area (Å²) >= 11 is 9.43. The Hall–Kier alpha value is -1.19. The lowest BCUT2D eigenvalue weighted by atomic mass is 10.1. The summed E-state index contributed by atoms with van der Waals surface area (Å²) in [6, 6.07) is 12.9. The molecule has 0 saturated carbocycles. The number of phenolic OH excluding ortho intramolecular Hbond substituents is 1. The Morgan fingerprint density at radius 2 is 1.94 bits per heavy atom. The summed E-state index contributed by atoms with van der Waals surface area (Å²) in [6.45, 7) is 1.98. The maximum atomic E-state index is 9.84. The van der Waals surface area contributed by atoms with Crippen LogP contribution in [0, 0.1) is 0 Å². The summed E-state index contributed by atoms with van der Waals surface area (Å²) in [5.74, 6) is 0.242. The van der Waals surface area contributed by atoms with Crippen LogP contribution in [0.4, 0.5) is 5.69 Å². The SMILES string of the molecule is C[C@H](Nc1ccccc1Br)c1cc(Cl)ccc1O. The van der Waals surface area contributed by atoms with E-state index in [1.54, 1.807) is 18.2 Å². The van der Waals surface area contributed by atoms with E-state index in [2.05, 4.69) is 21.2 Å². The van der Waals surface area contributed by atoms with Gasteiger partial charge in [-0.25, -0.2) is 0 Å². The van der Waals surface area contributed by atoms with Crippen LogP contribution in [0.15, 0.2) is 46.9 Å². The molecule has 0 unspecified atom stereocenters. The Kier molecular flexibility index (Phi) is 4.15. The van der Waals surface area contributed by atoms with Gasteiger partial charge in [0.25, 0.3) is 0 Å². The molecule has 0 saturated heterocycles. The van der Waals surface area contributed by atoms with E-state index in [9.17, 15) is 5.11 Å². The first-order valence-electron chi connectivity index (χ1n) is 5.57. The summed E-state index contributed by atoms with van der Waals surface area (Å²) in [6.07, 6.45) is 0. The lowest BCUT2D eigenvalue weighted by Gasteiger charge is -2.18. The first kappa shape index (κ1) is 13.2. The van der Waals surface area contributed by atoms with Crippen LogP contribution in [0.25, 0.3) is 0 Å². The van der Waals surface area contributed by atoms with Gasteiger partial charge in [-0.1, -0.05) is 23.7 Å². The van der Waals surface area contributed by atoms with Gasteiger partial charge in [-0.2, -0.15) is 0 Å². The van der Waals surface area contributed by atoms with Crippen LogP contribution in [-0.2, 0) is 0 Å². The Labute approximate surface area is 120 Å². The molecule has 94 valence electrons. The average Bonchev–Trinajstić information content (AvgIpc) is 2.35. The van der Waals surface area contributed by atoms with Crippen LogP contribution in [0.5, 0.6) is 5.75 Å². The van der Waals surface area contributed by atoms with Crippen molar-refractivity contribution in [2.45, 2.75) is 13.0 Å². The summed E-state index contributed by atoms with van der Waals surface area (Å²) in [4.78, 5) is 0. The molecule has 2 nitrogen and oxygen atoms in total. The molecule has 0 aliphatic heterocycles. The van der Waals surface area contributed by atoms with Crippen LogP contribution in [0.3, 0.4) is 0 Å². The molecule has 1 atom stereocenters. The second kappa shape index (κ2) is 5.63. The molecule has 18 heavy (non-hydrogen) atoms. The third-order valence-electron chi connectivity index (χ3n) is 2.70. The van der Waals surface area contributed by atoms with Crippen molar-refractivity contribution in [1.82, 2.24) is 0 Å². The van der Waals surface area contributed by atoms with Crippen molar-refractivity contribution in [2.24, 2.45) is 0 Å². The van der Waals surface area contributed by atoms with Gasteiger partial charge in [0.1, 0.15) is 5.75 Å². The van der Waals surface area contributed by atoms with Crippen molar-refractivity contribution < 1.29 is 5.11 Å². The molecule has 0 aliphatic rings. The zero-order valence-corrected chi connectivity index (χ0v) is 12.2. The number of para-hydroxylation sites is 1. The van der Waals surface area contributed by atoms with E-state index in [0.29, 0.717) is 5.02 Å². The molecule has 0 aromatic heterocycles. The summed E-state index contributed by atoms with van der Waals surface area (Å²) in [5, 5.41) is 13.8. The van der Waals surface area contributed by atoms with Crippen LogP contribution < -0.4 is 5.32 Å². The van der Waals surface area contributed by atoms with Gasteiger partial charge in [0.05, 0.1) is 6.04 Å². The minimum absolute atomic E-state index is 0.0394. The minimum atomic E-state index is -0.0394. The van der Waals surface area contributed by atoms with Crippen molar-refractivity contribution in [3.05, 3.63) is 57.5 Å². The Bertz CT molecular complexity index is 559. The van der Waals surface area contributed by atoms with Gasteiger partial charge in [0.15, 0.2) is 0 Å². The van der Waals surface area contributed by atoms with E-state index in [1.165, 1.54) is 0 Å². The van der Waals surface area contributed by atoms with Gasteiger partial charge in [0.2, 0.25) is 0 Å². The fraction of sp³-hybridized carbons (Fsp3) is 0.143. The van der Waals surface area contributed by atoms with Gasteiger partial charge in [0, 0.05) is 20.7 Å². The Morgan fingerprint density at radius 3 is 2.67 bits per heavy atom. The maximum Gasteiger partial charge on any atom is 0.120 e. The minimum Gasteiger partial charge on any atom is -0.508 e. The number of rotatable bonds is 3. The molecule has 0 spiro atoms. The van der Waals surface area contributed by atoms with Gasteiger partial charge in [-0.05, 0) is 53.2 Å². The number of anilines is 1. The second-order valence-electron chi connectivity index (χ2n) is 4.05. The van der Waals surface area contributed by atoms with Crippen molar-refractivity contribution in [2.75, 3.05) is 5.32 Å². The number of hydrogen-bond acceptors (Lipinski definition) is 2. The smallest absolute Gasteiger partial charge is 0.120 e. The first-order valence-corrected chi connectivity index (χ1v) is 6.74. The van der Waals surface area contributed by atoms with E-state index in [-0.39, 0.29) is 11.8 Å². The van der Waals surface area contributed by atoms with Crippen molar-refractivity contribution >= 4 is 33.2 Å². The number of aromatic hydroxyl groups is 1. The molecule has 0 aliphatic carbocycles. The number of halogens is 2. The quantitative estimate of drug-likeness (QED) is 0.833. The predicted octanol–water partition coefficient (Wildman–Crippen LogP) is 4.98. The Balaban J connectivity index is 2.25. The molecular formula is C14H13BrClNO. The normalized spacial score (nSPS) is 12.2. The topological polar surface area (TPSA) is 32.3 Å². The molecule has 2 aromatic rings. The van der Waals surface area contributed by atoms with Gasteiger partial charge in [-0.3, -0.25) is 0 Å². The molecule has 0 fully saturated rings. The van der Waals surface area contributed by atoms with Crippen LogP contribution in [-0.4, -0.2) is 5.11 Å². The molecule has 0 radical (unpaired) electrons. The highest BCUT2D eigenvalue weighted by atomic mass is 79.9. The zero-order chi connectivity index (χ0) is 13.1. The predicted molar refractivity (Wildman–Crippen MR) is 79.3 cm³/mol. The number of benzene rings is 2. The lowest BCUT2D eigenvalue weighted by molar-refractivity contribution is 0.465. The summed E-state index contributed by atoms with van der Waals surface area (Å²) in [7, 11) is 0. The lowest BCUT2D eigenvalue weighted by Crippen LogP contribution is -2.07. The standard InChI is InChI=1S/C14H13BrClNO/c1-9(11-8-10(16)6-7-14(11)18)17-13-5-3-2-4-12(13)15/h2-9,17-18H,1H3/t9-/m0/s1. The molecular weight excluding hydrogens is 314 g/mol. The Morgan fingerprint density at radius 1 is 1.22 bits per heavy atom. The van der Waals surface area contributed by atoms with E-state index in [0.717, 1.165) is 15.7 Å². The van der Waals surface area contributed by atoms with Crippen molar-refractivity contribution in [3.8, 4) is 5.75 Å². The van der Waals surface area contributed by atoms with Crippen molar-refractivity contribution in [3.63, 3.8) is 0 Å². The van der Waals surface area contributed by atoms with E-state index in [4.69, 9.17) is 11.6 Å². The number of nitrogens with one attached hydrogen (secondary N) is 1. The maximum absolute atomic E-state index is 9.84. The van der Waals surface area contributed by atoms with Gasteiger partial charge < -0.3 is 10.4 Å². The van der Waals surface area contributed by atoms with Gasteiger partial charge in [-0.15, -0.1) is 0 Å². The summed E-state index contributed by atoms with van der Waals surface area (Å²) < 4.78 is 0.985. The molecule has 2 aromatic carbocycles. The number of phenols is 1. The molecule has 0 heterocycles. The monoisotopic (exact) mass is 325 g/mol. The third kappa shape index (κ3) is 2.98. The molecule has 0 bridgehead atoms. The van der Waals surface area contributed by atoms with E-state index < -0.39 is 0 Å². The highest BCUT2D eigenvalue weighted by Gasteiger charge is 2.11. The number of hydrogen-bond donors (Lipinski definition) is 2. The highest BCUT2D eigenvalue weighted by molar-refractivity contribution is 9.10. The fourth-order valence-corrected chi connectivity index (χ4v) is 2.34. The second-order valence-corrected chi connectivity index (χ2v) is 5.34. The van der Waals surface area contributed by atoms with E-state index >= 15 is 0 Å². The van der Waals surface area contributed by atoms with E-state index in [1.807, 2.05) is 31.2 Å². The third-order valence-corrected chi connectivity index (χ3v) is 3.63. The fourth-order valence-electron chi connectivity index (χ4n) is 1.76. The zero-order valence-electron chi connectivity index (χ0n) is 9.82. The highest BCUT2D eigenvalue weighted by Crippen LogP contribution is 2.31. The molecule has 2 N–H and O–H groups in total. The van der Waals surface area contributed by atoms with Crippen LogP contribution in [0.1, 0.15) is 18.5 Å². The van der Waals surface area contributed by atoms with Crippen LogP contribution in [0.2, 0.25) is 5.02 Å². The molecule has 0 amide bonds. The summed E-state index contributed by atoms with van der Waals surface area (Å²) in [5.41, 5.74) is 1.75. The average molecular weight is 327 g/mol. The molecule has 2 rings (SSSR count).